The number of rotatable bonds is 2. The molecule has 0 bridgehead atoms. The van der Waals surface area contributed by atoms with Gasteiger partial charge in [0.25, 0.3) is 0 Å². The van der Waals surface area contributed by atoms with Gasteiger partial charge in [0.1, 0.15) is 5.82 Å². The van der Waals surface area contributed by atoms with Crippen LogP contribution in [0.3, 0.4) is 0 Å². The predicted octanol–water partition coefficient (Wildman–Crippen LogP) is 3.08. The van der Waals surface area contributed by atoms with Crippen molar-refractivity contribution < 1.29 is 8.42 Å². The Morgan fingerprint density at radius 2 is 2.00 bits per heavy atom. The maximum absolute atomic E-state index is 11.9. The van der Waals surface area contributed by atoms with E-state index in [2.05, 4.69) is 25.8 Å². The summed E-state index contributed by atoms with van der Waals surface area (Å²) in [5.74, 6) is 1.72. The number of hydrogen-bond acceptors (Lipinski definition) is 4. The highest BCUT2D eigenvalue weighted by molar-refractivity contribution is 7.91. The summed E-state index contributed by atoms with van der Waals surface area (Å²) in [4.78, 5) is 8.04. The number of H-pyrrole nitrogens is 1. The molecule has 1 atom stereocenters. The first-order valence-electron chi connectivity index (χ1n) is 8.49. The number of hydrogen-bond donors (Lipinski definition) is 1. The Labute approximate surface area is 147 Å². The zero-order valence-corrected chi connectivity index (χ0v) is 15.5. The van der Waals surface area contributed by atoms with Gasteiger partial charge < -0.3 is 4.98 Å². The van der Waals surface area contributed by atoms with Crippen molar-refractivity contribution >= 4 is 20.7 Å². The van der Waals surface area contributed by atoms with Crippen LogP contribution >= 0.6 is 0 Å². The second-order valence-electron chi connectivity index (χ2n) is 7.72. The molecular weight excluding hydrogens is 336 g/mol. The highest BCUT2D eigenvalue weighted by Crippen LogP contribution is 2.33. The minimum Gasteiger partial charge on any atom is -0.360 e. The van der Waals surface area contributed by atoms with Gasteiger partial charge in [-0.1, -0.05) is 18.2 Å². The van der Waals surface area contributed by atoms with Crippen molar-refractivity contribution in [3.05, 3.63) is 36.3 Å². The van der Waals surface area contributed by atoms with E-state index in [0.717, 1.165) is 22.3 Å². The van der Waals surface area contributed by atoms with Gasteiger partial charge in [0.05, 0.1) is 17.0 Å². The number of para-hydroxylation sites is 1. The highest BCUT2D eigenvalue weighted by atomic mass is 32.2. The normalized spacial score (nSPS) is 20.4. The zero-order valence-electron chi connectivity index (χ0n) is 14.7. The molecule has 1 saturated heterocycles. The molecule has 0 spiro atoms. The molecule has 1 N–H and O–H groups in total. The lowest BCUT2D eigenvalue weighted by atomic mass is 10.1. The summed E-state index contributed by atoms with van der Waals surface area (Å²) in [6, 6.07) is 8.03. The Bertz CT molecular complexity index is 1040. The molecule has 3 aromatic rings. The molecule has 6 nitrogen and oxygen atoms in total. The van der Waals surface area contributed by atoms with E-state index in [1.807, 2.05) is 35.1 Å². The van der Waals surface area contributed by atoms with Crippen LogP contribution in [0.2, 0.25) is 0 Å². The minimum atomic E-state index is -2.97. The lowest BCUT2D eigenvalue weighted by Crippen LogP contribution is -2.27. The van der Waals surface area contributed by atoms with E-state index in [4.69, 9.17) is 10.1 Å². The van der Waals surface area contributed by atoms with Gasteiger partial charge in [-0.15, -0.1) is 0 Å². The largest absolute Gasteiger partial charge is 0.360 e. The molecule has 0 amide bonds. The number of benzene rings is 1. The van der Waals surface area contributed by atoms with E-state index in [-0.39, 0.29) is 23.0 Å². The zero-order chi connectivity index (χ0) is 17.8. The molecule has 0 saturated carbocycles. The van der Waals surface area contributed by atoms with Gasteiger partial charge in [-0.2, -0.15) is 5.10 Å². The first kappa shape index (κ1) is 16.3. The Morgan fingerprint density at radius 3 is 2.68 bits per heavy atom. The molecule has 2 aromatic heterocycles. The highest BCUT2D eigenvalue weighted by Gasteiger charge is 2.35. The summed E-state index contributed by atoms with van der Waals surface area (Å²) in [7, 11) is -2.97. The molecule has 4 rings (SSSR count). The van der Waals surface area contributed by atoms with Crippen LogP contribution in [0.1, 0.15) is 38.9 Å². The van der Waals surface area contributed by atoms with Crippen molar-refractivity contribution in [2.24, 2.45) is 0 Å². The topological polar surface area (TPSA) is 80.6 Å². The van der Waals surface area contributed by atoms with Gasteiger partial charge in [0.15, 0.2) is 15.7 Å². The average Bonchev–Trinajstić information content (AvgIpc) is 3.21. The molecule has 0 aliphatic carbocycles. The van der Waals surface area contributed by atoms with Crippen molar-refractivity contribution in [3.8, 4) is 11.4 Å². The number of nitrogens with one attached hydrogen (secondary N) is 1. The third kappa shape index (κ3) is 2.86. The quantitative estimate of drug-likeness (QED) is 0.763. The number of aromatic amines is 1. The van der Waals surface area contributed by atoms with Gasteiger partial charge in [-0.25, -0.2) is 18.1 Å². The second-order valence-corrected chi connectivity index (χ2v) is 9.95. The van der Waals surface area contributed by atoms with Crippen LogP contribution in [-0.2, 0) is 15.4 Å². The lowest BCUT2D eigenvalue weighted by Gasteiger charge is -2.22. The van der Waals surface area contributed by atoms with Crippen LogP contribution in [-0.4, -0.2) is 39.7 Å². The van der Waals surface area contributed by atoms with Gasteiger partial charge >= 0.3 is 0 Å². The number of fused-ring (bicyclic) bond motifs is 1. The standard InChI is InChI=1S/C18H22N4O2S/c1-18(2,3)22-17(12-8-9-25(23,24)11-12)20-16(21-22)14-10-19-15-7-5-4-6-13(14)15/h4-7,10,12,19H,8-9,11H2,1-3H3/t12-/m0/s1. The SMILES string of the molecule is CC(C)(C)n1nc(-c2c[nH]c3ccccc23)nc1[C@H]1CCS(=O)(=O)C1. The lowest BCUT2D eigenvalue weighted by molar-refractivity contribution is 0.335. The van der Waals surface area contributed by atoms with Crippen LogP contribution in [0.25, 0.3) is 22.3 Å². The summed E-state index contributed by atoms with van der Waals surface area (Å²) in [6.45, 7) is 6.19. The van der Waals surface area contributed by atoms with Crippen molar-refractivity contribution in [2.75, 3.05) is 11.5 Å². The maximum Gasteiger partial charge on any atom is 0.183 e. The van der Waals surface area contributed by atoms with E-state index >= 15 is 0 Å². The number of nitrogens with zero attached hydrogens (tertiary/aromatic N) is 3. The fourth-order valence-electron chi connectivity index (χ4n) is 3.45. The van der Waals surface area contributed by atoms with Gasteiger partial charge in [0, 0.05) is 28.6 Å². The van der Waals surface area contributed by atoms with Crippen LogP contribution in [0.15, 0.2) is 30.5 Å². The van der Waals surface area contributed by atoms with Crippen molar-refractivity contribution in [1.29, 1.82) is 0 Å². The minimum absolute atomic E-state index is 0.0873. The Hall–Kier alpha value is -2.15. The molecule has 1 aromatic carbocycles. The molecule has 132 valence electrons. The molecule has 3 heterocycles. The Morgan fingerprint density at radius 1 is 1.24 bits per heavy atom. The van der Waals surface area contributed by atoms with E-state index in [0.29, 0.717) is 12.2 Å². The Balaban J connectivity index is 1.85. The van der Waals surface area contributed by atoms with E-state index in [9.17, 15) is 8.42 Å². The third-order valence-electron chi connectivity index (χ3n) is 4.70. The first-order valence-corrected chi connectivity index (χ1v) is 10.3. The average molecular weight is 358 g/mol. The number of sulfone groups is 1. The molecule has 0 unspecified atom stereocenters. The van der Waals surface area contributed by atoms with E-state index in [1.54, 1.807) is 0 Å². The van der Waals surface area contributed by atoms with Gasteiger partial charge in [-0.3, -0.25) is 0 Å². The van der Waals surface area contributed by atoms with Crippen LogP contribution in [0, 0.1) is 0 Å². The monoisotopic (exact) mass is 358 g/mol. The van der Waals surface area contributed by atoms with Crippen molar-refractivity contribution in [3.63, 3.8) is 0 Å². The fourth-order valence-corrected chi connectivity index (χ4v) is 5.19. The summed E-state index contributed by atoms with van der Waals surface area (Å²) in [6.07, 6.45) is 2.53. The molecule has 1 aliphatic rings. The second kappa shape index (κ2) is 5.42. The molecule has 25 heavy (non-hydrogen) atoms. The van der Waals surface area contributed by atoms with Crippen LogP contribution in [0.5, 0.6) is 0 Å². The third-order valence-corrected chi connectivity index (χ3v) is 6.46. The summed E-state index contributed by atoms with van der Waals surface area (Å²) in [5.41, 5.74) is 1.72. The number of aromatic nitrogens is 4. The molecule has 1 aliphatic heterocycles. The Kier molecular flexibility index (Phi) is 3.54. The van der Waals surface area contributed by atoms with E-state index < -0.39 is 9.84 Å². The maximum atomic E-state index is 11.9. The molecular formula is C18H22N4O2S. The smallest absolute Gasteiger partial charge is 0.183 e. The summed E-state index contributed by atoms with van der Waals surface area (Å²) >= 11 is 0. The molecule has 0 radical (unpaired) electrons. The van der Waals surface area contributed by atoms with Gasteiger partial charge in [0.2, 0.25) is 0 Å². The first-order chi connectivity index (χ1) is 11.7. The van der Waals surface area contributed by atoms with E-state index in [1.165, 1.54) is 0 Å². The van der Waals surface area contributed by atoms with Crippen molar-refractivity contribution in [1.82, 2.24) is 19.7 Å². The summed E-state index contributed by atoms with van der Waals surface area (Å²) < 4.78 is 25.7. The van der Waals surface area contributed by atoms with Gasteiger partial charge in [-0.05, 0) is 33.3 Å². The predicted molar refractivity (Wildman–Crippen MR) is 98.3 cm³/mol. The van der Waals surface area contributed by atoms with Crippen molar-refractivity contribution in [2.45, 2.75) is 38.6 Å². The molecule has 1 fully saturated rings. The van der Waals surface area contributed by atoms with Crippen LogP contribution < -0.4 is 0 Å². The van der Waals surface area contributed by atoms with Crippen LogP contribution in [0.4, 0.5) is 0 Å². The fraction of sp³-hybridized carbons (Fsp3) is 0.444. The molecule has 7 heteroatoms. The summed E-state index contributed by atoms with van der Waals surface area (Å²) in [5, 5.41) is 5.83.